The van der Waals surface area contributed by atoms with Gasteiger partial charge in [-0.15, -0.1) is 0 Å². The van der Waals surface area contributed by atoms with Crippen molar-refractivity contribution in [2.75, 3.05) is 5.32 Å². The molecular weight excluding hydrogens is 214 g/mol. The molecule has 0 aromatic heterocycles. The van der Waals surface area contributed by atoms with Gasteiger partial charge >= 0.3 is 5.97 Å². The average molecular weight is 233 g/mol. The fourth-order valence-electron chi connectivity index (χ4n) is 2.11. The van der Waals surface area contributed by atoms with Gasteiger partial charge in [-0.25, -0.2) is 4.79 Å². The lowest BCUT2D eigenvalue weighted by molar-refractivity contribution is -0.142. The van der Waals surface area contributed by atoms with Gasteiger partial charge in [0.15, 0.2) is 0 Å². The summed E-state index contributed by atoms with van der Waals surface area (Å²) in [4.78, 5) is 11.4. The summed E-state index contributed by atoms with van der Waals surface area (Å²) in [5.41, 5.74) is 2.46. The molecule has 3 heteroatoms. The number of aryl methyl sites for hydroxylation is 2. The number of aliphatic carboxylic acids is 1. The van der Waals surface area contributed by atoms with E-state index in [0.717, 1.165) is 18.5 Å². The van der Waals surface area contributed by atoms with Crippen molar-refractivity contribution in [1.82, 2.24) is 0 Å². The minimum Gasteiger partial charge on any atom is -0.480 e. The Hall–Kier alpha value is -1.51. The van der Waals surface area contributed by atoms with Crippen LogP contribution < -0.4 is 5.32 Å². The van der Waals surface area contributed by atoms with Crippen molar-refractivity contribution >= 4 is 11.7 Å². The number of nitrogens with one attached hydrogen (secondary N) is 1. The molecule has 0 radical (unpaired) electrons. The highest BCUT2D eigenvalue weighted by molar-refractivity contribution is 5.83. The lowest BCUT2D eigenvalue weighted by Crippen LogP contribution is -2.45. The van der Waals surface area contributed by atoms with E-state index in [1.54, 1.807) is 6.92 Å². The molecule has 1 atom stereocenters. The zero-order chi connectivity index (χ0) is 12.6. The number of carboxylic acid groups (broad SMARTS) is 1. The number of rotatable bonds is 4. The molecule has 0 bridgehead atoms. The number of carbonyl (C=O) groups is 1. The highest BCUT2D eigenvalue weighted by Crippen LogP contribution is 2.41. The van der Waals surface area contributed by atoms with E-state index in [9.17, 15) is 9.90 Å². The molecule has 2 N–H and O–H groups in total. The van der Waals surface area contributed by atoms with E-state index >= 15 is 0 Å². The molecule has 1 aliphatic carbocycles. The summed E-state index contributed by atoms with van der Waals surface area (Å²) in [5, 5.41) is 12.6. The highest BCUT2D eigenvalue weighted by atomic mass is 16.4. The first-order valence-corrected chi connectivity index (χ1v) is 6.02. The summed E-state index contributed by atoms with van der Waals surface area (Å²) in [6.07, 6.45) is 2.00. The van der Waals surface area contributed by atoms with Gasteiger partial charge in [-0.2, -0.15) is 0 Å². The van der Waals surface area contributed by atoms with Crippen LogP contribution in [-0.4, -0.2) is 16.6 Å². The van der Waals surface area contributed by atoms with Crippen LogP contribution in [0.3, 0.4) is 0 Å². The van der Waals surface area contributed by atoms with E-state index in [1.165, 1.54) is 11.1 Å². The minimum absolute atomic E-state index is 0.251. The van der Waals surface area contributed by atoms with E-state index in [0.29, 0.717) is 0 Å². The van der Waals surface area contributed by atoms with Crippen LogP contribution in [0.4, 0.5) is 5.69 Å². The summed E-state index contributed by atoms with van der Waals surface area (Å²) in [5.74, 6) is -0.514. The van der Waals surface area contributed by atoms with Crippen LogP contribution in [0.5, 0.6) is 0 Å². The Labute approximate surface area is 102 Å². The standard InChI is InChI=1S/C14H19NO2/c1-9-4-7-12(8-10(9)2)15-14(3,13(16)17)11-5-6-11/h4,7-8,11,15H,5-6H2,1-3H3,(H,16,17). The Balaban J connectivity index is 2.23. The molecule has 1 aromatic carbocycles. The number of hydrogen-bond acceptors (Lipinski definition) is 2. The minimum atomic E-state index is -0.832. The number of anilines is 1. The van der Waals surface area contributed by atoms with Crippen LogP contribution in [-0.2, 0) is 4.79 Å². The molecule has 1 saturated carbocycles. The summed E-state index contributed by atoms with van der Waals surface area (Å²) in [6.45, 7) is 5.87. The summed E-state index contributed by atoms with van der Waals surface area (Å²) < 4.78 is 0. The molecule has 0 spiro atoms. The zero-order valence-corrected chi connectivity index (χ0v) is 10.6. The van der Waals surface area contributed by atoms with Crippen molar-refractivity contribution in [3.05, 3.63) is 29.3 Å². The predicted octanol–water partition coefficient (Wildman–Crippen LogP) is 2.97. The molecule has 0 aliphatic heterocycles. The Kier molecular flexibility index (Phi) is 2.86. The van der Waals surface area contributed by atoms with Gasteiger partial charge in [0.05, 0.1) is 0 Å². The van der Waals surface area contributed by atoms with Gasteiger partial charge < -0.3 is 10.4 Å². The topological polar surface area (TPSA) is 49.3 Å². The lowest BCUT2D eigenvalue weighted by Gasteiger charge is -2.27. The Bertz CT molecular complexity index is 452. The molecule has 0 saturated heterocycles. The first-order valence-electron chi connectivity index (χ1n) is 6.02. The Morgan fingerprint density at radius 3 is 2.47 bits per heavy atom. The van der Waals surface area contributed by atoms with Crippen LogP contribution in [0.2, 0.25) is 0 Å². The van der Waals surface area contributed by atoms with Crippen LogP contribution in [0.25, 0.3) is 0 Å². The Morgan fingerprint density at radius 1 is 1.35 bits per heavy atom. The van der Waals surface area contributed by atoms with Crippen molar-refractivity contribution in [1.29, 1.82) is 0 Å². The third kappa shape index (κ3) is 2.28. The molecule has 1 fully saturated rings. The first-order chi connectivity index (χ1) is 7.93. The molecule has 1 aliphatic rings. The molecule has 92 valence electrons. The van der Waals surface area contributed by atoms with Gasteiger partial charge in [0.25, 0.3) is 0 Å². The normalized spacial score (nSPS) is 18.5. The highest BCUT2D eigenvalue weighted by Gasteiger charge is 2.47. The van der Waals surface area contributed by atoms with E-state index in [-0.39, 0.29) is 5.92 Å². The van der Waals surface area contributed by atoms with Crippen molar-refractivity contribution in [3.63, 3.8) is 0 Å². The van der Waals surface area contributed by atoms with Gasteiger partial charge in [-0.1, -0.05) is 6.07 Å². The van der Waals surface area contributed by atoms with Crippen molar-refractivity contribution in [2.45, 2.75) is 39.2 Å². The fraction of sp³-hybridized carbons (Fsp3) is 0.500. The van der Waals surface area contributed by atoms with E-state index in [4.69, 9.17) is 0 Å². The fourth-order valence-corrected chi connectivity index (χ4v) is 2.11. The summed E-state index contributed by atoms with van der Waals surface area (Å²) >= 11 is 0. The van der Waals surface area contributed by atoms with Crippen LogP contribution in [0, 0.1) is 19.8 Å². The van der Waals surface area contributed by atoms with Crippen LogP contribution in [0.15, 0.2) is 18.2 Å². The largest absolute Gasteiger partial charge is 0.480 e. The number of hydrogen-bond donors (Lipinski definition) is 2. The molecule has 17 heavy (non-hydrogen) atoms. The van der Waals surface area contributed by atoms with Crippen molar-refractivity contribution < 1.29 is 9.90 Å². The third-order valence-electron chi connectivity index (χ3n) is 3.75. The molecule has 1 aromatic rings. The monoisotopic (exact) mass is 233 g/mol. The van der Waals surface area contributed by atoms with Crippen LogP contribution in [0.1, 0.15) is 30.9 Å². The Morgan fingerprint density at radius 2 is 2.00 bits per heavy atom. The smallest absolute Gasteiger partial charge is 0.329 e. The SMILES string of the molecule is Cc1ccc(NC(C)(C(=O)O)C2CC2)cc1C. The number of carboxylic acids is 1. The summed E-state index contributed by atoms with van der Waals surface area (Å²) in [7, 11) is 0. The zero-order valence-electron chi connectivity index (χ0n) is 10.6. The van der Waals surface area contributed by atoms with Gasteiger partial charge in [-0.05, 0) is 62.8 Å². The maximum absolute atomic E-state index is 11.4. The molecular formula is C14H19NO2. The van der Waals surface area contributed by atoms with Gasteiger partial charge in [0.1, 0.15) is 5.54 Å². The maximum Gasteiger partial charge on any atom is 0.329 e. The molecule has 3 nitrogen and oxygen atoms in total. The van der Waals surface area contributed by atoms with E-state index < -0.39 is 11.5 Å². The van der Waals surface area contributed by atoms with Gasteiger partial charge in [-0.3, -0.25) is 0 Å². The second-order valence-corrected chi connectivity index (χ2v) is 5.21. The van der Waals surface area contributed by atoms with Gasteiger partial charge in [0, 0.05) is 5.69 Å². The summed E-state index contributed by atoms with van der Waals surface area (Å²) in [6, 6.07) is 5.98. The predicted molar refractivity (Wildman–Crippen MR) is 68.3 cm³/mol. The average Bonchev–Trinajstić information content (AvgIpc) is 3.07. The molecule has 2 rings (SSSR count). The molecule has 0 amide bonds. The van der Waals surface area contributed by atoms with Crippen LogP contribution >= 0.6 is 0 Å². The van der Waals surface area contributed by atoms with Crippen molar-refractivity contribution in [3.8, 4) is 0 Å². The van der Waals surface area contributed by atoms with Crippen molar-refractivity contribution in [2.24, 2.45) is 5.92 Å². The van der Waals surface area contributed by atoms with E-state index in [2.05, 4.69) is 12.2 Å². The van der Waals surface area contributed by atoms with E-state index in [1.807, 2.05) is 25.1 Å². The maximum atomic E-state index is 11.4. The lowest BCUT2D eigenvalue weighted by atomic mass is 9.95. The quantitative estimate of drug-likeness (QED) is 0.840. The second kappa shape index (κ2) is 4.06. The third-order valence-corrected chi connectivity index (χ3v) is 3.75. The first kappa shape index (κ1) is 12.0. The molecule has 0 heterocycles. The second-order valence-electron chi connectivity index (χ2n) is 5.21. The van der Waals surface area contributed by atoms with Gasteiger partial charge in [0.2, 0.25) is 0 Å². The molecule has 1 unspecified atom stereocenters. The number of benzene rings is 1.